The standard InChI is InChI=1S/C28H33N3O.ClH/c32-24(22-31-27-14-6-4-12-25(27)26-13-5-7-15-28(26)31)21-30-19-17-29(18-20-30)16-8-11-23-9-2-1-3-10-23;/h1-7,9-10,12-15,24,32H,8,11,16-22H2;1H. The van der Waals surface area contributed by atoms with Gasteiger partial charge in [-0.15, -0.1) is 12.4 Å². The maximum absolute atomic E-state index is 10.9. The van der Waals surface area contributed by atoms with Crippen molar-refractivity contribution in [2.45, 2.75) is 25.5 Å². The molecule has 1 fully saturated rings. The Kier molecular flexibility index (Phi) is 8.05. The largest absolute Gasteiger partial charge is 0.390 e. The van der Waals surface area contributed by atoms with E-state index >= 15 is 0 Å². The van der Waals surface area contributed by atoms with Crippen LogP contribution < -0.4 is 0 Å². The number of aromatic nitrogens is 1. The summed E-state index contributed by atoms with van der Waals surface area (Å²) in [5.41, 5.74) is 3.84. The lowest BCUT2D eigenvalue weighted by Gasteiger charge is -2.35. The number of aliphatic hydroxyl groups excluding tert-OH is 1. The van der Waals surface area contributed by atoms with Gasteiger partial charge in [-0.1, -0.05) is 66.7 Å². The number of aliphatic hydroxyl groups is 1. The van der Waals surface area contributed by atoms with Crippen molar-refractivity contribution in [3.05, 3.63) is 84.4 Å². The number of halogens is 1. The molecule has 1 aliphatic heterocycles. The summed E-state index contributed by atoms with van der Waals surface area (Å²) in [6, 6.07) is 27.8. The van der Waals surface area contributed by atoms with E-state index in [4.69, 9.17) is 0 Å². The number of nitrogens with zero attached hydrogens (tertiary/aromatic N) is 3. The van der Waals surface area contributed by atoms with Gasteiger partial charge in [0.15, 0.2) is 0 Å². The van der Waals surface area contributed by atoms with Gasteiger partial charge < -0.3 is 14.6 Å². The summed E-state index contributed by atoms with van der Waals surface area (Å²) >= 11 is 0. The summed E-state index contributed by atoms with van der Waals surface area (Å²) in [5.74, 6) is 0. The zero-order valence-corrected chi connectivity index (χ0v) is 20.0. The maximum Gasteiger partial charge on any atom is 0.0845 e. The van der Waals surface area contributed by atoms with E-state index in [1.165, 1.54) is 33.8 Å². The summed E-state index contributed by atoms with van der Waals surface area (Å²) in [6.07, 6.45) is 1.98. The van der Waals surface area contributed by atoms with Crippen molar-refractivity contribution < 1.29 is 5.11 Å². The van der Waals surface area contributed by atoms with Crippen molar-refractivity contribution in [2.24, 2.45) is 0 Å². The Morgan fingerprint density at radius 2 is 1.21 bits per heavy atom. The van der Waals surface area contributed by atoms with E-state index in [2.05, 4.69) is 93.2 Å². The second-order valence-electron chi connectivity index (χ2n) is 9.03. The summed E-state index contributed by atoms with van der Waals surface area (Å²) < 4.78 is 2.29. The monoisotopic (exact) mass is 463 g/mol. The van der Waals surface area contributed by atoms with Gasteiger partial charge in [0, 0.05) is 54.5 Å². The van der Waals surface area contributed by atoms with E-state index in [1.54, 1.807) is 0 Å². The Hall–Kier alpha value is -2.37. The molecule has 0 radical (unpaired) electrons. The molecular weight excluding hydrogens is 430 g/mol. The molecule has 0 spiro atoms. The fourth-order valence-corrected chi connectivity index (χ4v) is 5.11. The quantitative estimate of drug-likeness (QED) is 0.406. The molecule has 1 aromatic heterocycles. The highest BCUT2D eigenvalue weighted by Crippen LogP contribution is 2.28. The third kappa shape index (κ3) is 5.59. The van der Waals surface area contributed by atoms with E-state index in [1.807, 2.05) is 0 Å². The molecule has 4 nitrogen and oxygen atoms in total. The first-order valence-electron chi connectivity index (χ1n) is 11.9. The van der Waals surface area contributed by atoms with Crippen molar-refractivity contribution in [3.8, 4) is 0 Å². The molecule has 0 saturated carbocycles. The van der Waals surface area contributed by atoms with E-state index in [0.29, 0.717) is 6.54 Å². The number of fused-ring (bicyclic) bond motifs is 3. The van der Waals surface area contributed by atoms with Gasteiger partial charge in [0.05, 0.1) is 12.6 Å². The average Bonchev–Trinajstić information content (AvgIpc) is 3.15. The predicted molar refractivity (Wildman–Crippen MR) is 140 cm³/mol. The predicted octanol–water partition coefficient (Wildman–Crippen LogP) is 4.83. The SMILES string of the molecule is Cl.OC(CN1CCN(CCCc2ccccc2)CC1)Cn1c2ccccc2c2ccccc21. The fraction of sp³-hybridized carbons (Fsp3) is 0.357. The van der Waals surface area contributed by atoms with Crippen molar-refractivity contribution in [3.63, 3.8) is 0 Å². The highest BCUT2D eigenvalue weighted by atomic mass is 35.5. The van der Waals surface area contributed by atoms with Crippen LogP contribution in [0, 0.1) is 0 Å². The highest BCUT2D eigenvalue weighted by molar-refractivity contribution is 6.07. The van der Waals surface area contributed by atoms with Crippen LogP contribution in [0.1, 0.15) is 12.0 Å². The molecule has 174 valence electrons. The topological polar surface area (TPSA) is 31.6 Å². The Balaban J connectivity index is 0.00000259. The Labute approximate surface area is 202 Å². The van der Waals surface area contributed by atoms with Gasteiger partial charge in [-0.3, -0.25) is 4.90 Å². The molecule has 5 rings (SSSR count). The Bertz CT molecular complexity index is 1100. The van der Waals surface area contributed by atoms with E-state index < -0.39 is 0 Å². The lowest BCUT2D eigenvalue weighted by molar-refractivity contribution is 0.0653. The van der Waals surface area contributed by atoms with E-state index in [9.17, 15) is 5.11 Å². The molecule has 3 aromatic carbocycles. The molecule has 5 heteroatoms. The molecular formula is C28H34ClN3O. The lowest BCUT2D eigenvalue weighted by Crippen LogP contribution is -2.49. The number of β-amino-alcohol motifs (C(OH)–C–C–N with tert-alkyl or cyclic N) is 1. The van der Waals surface area contributed by atoms with Crippen LogP contribution >= 0.6 is 12.4 Å². The fourth-order valence-electron chi connectivity index (χ4n) is 5.11. The summed E-state index contributed by atoms with van der Waals surface area (Å²) in [5, 5.41) is 13.5. The molecule has 1 atom stereocenters. The highest BCUT2D eigenvalue weighted by Gasteiger charge is 2.20. The molecule has 0 aliphatic carbocycles. The first-order chi connectivity index (χ1) is 15.8. The first kappa shape index (κ1) is 23.8. The first-order valence-corrected chi connectivity index (χ1v) is 11.9. The minimum Gasteiger partial charge on any atom is -0.390 e. The van der Waals surface area contributed by atoms with Crippen molar-refractivity contribution >= 4 is 34.2 Å². The van der Waals surface area contributed by atoms with Gasteiger partial charge >= 0.3 is 0 Å². The second-order valence-corrected chi connectivity index (χ2v) is 9.03. The molecule has 33 heavy (non-hydrogen) atoms. The summed E-state index contributed by atoms with van der Waals surface area (Å²) in [6.45, 7) is 6.79. The number of piperazine rings is 1. The molecule has 1 aliphatic rings. The van der Waals surface area contributed by atoms with Crippen LogP contribution in [0.3, 0.4) is 0 Å². The molecule has 2 heterocycles. The molecule has 0 bridgehead atoms. The number of benzene rings is 3. The molecule has 1 N–H and O–H groups in total. The number of rotatable bonds is 8. The maximum atomic E-state index is 10.9. The summed E-state index contributed by atoms with van der Waals surface area (Å²) in [4.78, 5) is 4.99. The van der Waals surface area contributed by atoms with Crippen LogP contribution in [0.2, 0.25) is 0 Å². The van der Waals surface area contributed by atoms with Gasteiger partial charge in [-0.25, -0.2) is 0 Å². The Morgan fingerprint density at radius 3 is 1.85 bits per heavy atom. The van der Waals surface area contributed by atoms with Crippen molar-refractivity contribution in [1.82, 2.24) is 14.4 Å². The van der Waals surface area contributed by atoms with Crippen LogP contribution in [-0.2, 0) is 13.0 Å². The van der Waals surface area contributed by atoms with Gasteiger partial charge in [-0.05, 0) is 37.1 Å². The summed E-state index contributed by atoms with van der Waals surface area (Å²) in [7, 11) is 0. The van der Waals surface area contributed by atoms with Crippen LogP contribution in [0.4, 0.5) is 0 Å². The van der Waals surface area contributed by atoms with Crippen molar-refractivity contribution in [2.75, 3.05) is 39.3 Å². The zero-order valence-electron chi connectivity index (χ0n) is 19.1. The molecule has 0 amide bonds. The van der Waals surface area contributed by atoms with E-state index in [0.717, 1.165) is 45.7 Å². The van der Waals surface area contributed by atoms with Crippen LogP contribution in [0.5, 0.6) is 0 Å². The third-order valence-corrected chi connectivity index (χ3v) is 6.79. The second kappa shape index (κ2) is 11.2. The minimum absolute atomic E-state index is 0. The average molecular weight is 464 g/mol. The number of para-hydroxylation sites is 2. The van der Waals surface area contributed by atoms with E-state index in [-0.39, 0.29) is 18.5 Å². The molecule has 1 unspecified atom stereocenters. The van der Waals surface area contributed by atoms with Crippen LogP contribution in [-0.4, -0.2) is 64.8 Å². The number of hydrogen-bond acceptors (Lipinski definition) is 3. The van der Waals surface area contributed by atoms with Gasteiger partial charge in [0.2, 0.25) is 0 Å². The third-order valence-electron chi connectivity index (χ3n) is 6.79. The molecule has 4 aromatic rings. The lowest BCUT2D eigenvalue weighted by atomic mass is 10.1. The van der Waals surface area contributed by atoms with Crippen molar-refractivity contribution in [1.29, 1.82) is 0 Å². The van der Waals surface area contributed by atoms with Gasteiger partial charge in [0.1, 0.15) is 0 Å². The molecule has 1 saturated heterocycles. The Morgan fingerprint density at radius 1 is 0.667 bits per heavy atom. The number of hydrogen-bond donors (Lipinski definition) is 1. The zero-order chi connectivity index (χ0) is 21.8. The van der Waals surface area contributed by atoms with Gasteiger partial charge in [-0.2, -0.15) is 0 Å². The van der Waals surface area contributed by atoms with Crippen LogP contribution in [0.25, 0.3) is 21.8 Å². The minimum atomic E-state index is -0.376. The van der Waals surface area contributed by atoms with Crippen LogP contribution in [0.15, 0.2) is 78.9 Å². The number of aryl methyl sites for hydroxylation is 1. The normalized spacial score (nSPS) is 16.2. The van der Waals surface area contributed by atoms with Gasteiger partial charge in [0.25, 0.3) is 0 Å². The smallest absolute Gasteiger partial charge is 0.0845 e.